The van der Waals surface area contributed by atoms with Crippen LogP contribution in [-0.2, 0) is 4.74 Å². The number of hydrogen-bond donors (Lipinski definition) is 1. The van der Waals surface area contributed by atoms with Crippen LogP contribution in [0.4, 0.5) is 0 Å². The zero-order valence-corrected chi connectivity index (χ0v) is 7.42. The second-order valence-corrected chi connectivity index (χ2v) is 2.90. The van der Waals surface area contributed by atoms with Gasteiger partial charge in [-0.2, -0.15) is 0 Å². The Balaban J connectivity index is 3.69. The SMILES string of the molecule is CCC(C)C(N)C(C)OC. The van der Waals surface area contributed by atoms with Gasteiger partial charge in [-0.05, 0) is 12.8 Å². The van der Waals surface area contributed by atoms with Crippen LogP contribution in [0.2, 0.25) is 0 Å². The van der Waals surface area contributed by atoms with E-state index in [1.165, 1.54) is 0 Å². The molecule has 0 aliphatic rings. The summed E-state index contributed by atoms with van der Waals surface area (Å²) in [6.07, 6.45) is 1.30. The molecule has 62 valence electrons. The molecule has 0 spiro atoms. The van der Waals surface area contributed by atoms with Crippen LogP contribution >= 0.6 is 0 Å². The molecule has 0 radical (unpaired) electrons. The van der Waals surface area contributed by atoms with Crippen molar-refractivity contribution in [2.24, 2.45) is 11.7 Å². The minimum atomic E-state index is 0.176. The van der Waals surface area contributed by atoms with Crippen LogP contribution in [-0.4, -0.2) is 19.3 Å². The molecule has 0 saturated heterocycles. The lowest BCUT2D eigenvalue weighted by molar-refractivity contribution is 0.0781. The summed E-state index contributed by atoms with van der Waals surface area (Å²) in [5.74, 6) is 0.551. The summed E-state index contributed by atoms with van der Waals surface area (Å²) in [5, 5.41) is 0. The largest absolute Gasteiger partial charge is 0.380 e. The highest BCUT2D eigenvalue weighted by atomic mass is 16.5. The topological polar surface area (TPSA) is 35.2 Å². The van der Waals surface area contributed by atoms with E-state index in [1.54, 1.807) is 7.11 Å². The number of rotatable bonds is 4. The normalized spacial score (nSPS) is 20.1. The molecule has 0 aromatic heterocycles. The van der Waals surface area contributed by atoms with E-state index in [2.05, 4.69) is 13.8 Å². The first-order valence-electron chi connectivity index (χ1n) is 3.91. The summed E-state index contributed by atoms with van der Waals surface area (Å²) in [6, 6.07) is 0.176. The summed E-state index contributed by atoms with van der Waals surface area (Å²) >= 11 is 0. The number of ether oxygens (including phenoxy) is 1. The maximum atomic E-state index is 5.86. The maximum absolute atomic E-state index is 5.86. The highest BCUT2D eigenvalue weighted by molar-refractivity contribution is 4.73. The number of methoxy groups -OCH3 is 1. The Morgan fingerprint density at radius 3 is 2.20 bits per heavy atom. The van der Waals surface area contributed by atoms with Crippen molar-refractivity contribution in [3.05, 3.63) is 0 Å². The molecule has 0 saturated carbocycles. The predicted octanol–water partition coefficient (Wildman–Crippen LogP) is 1.39. The molecule has 0 rings (SSSR count). The van der Waals surface area contributed by atoms with Crippen molar-refractivity contribution in [1.82, 2.24) is 0 Å². The molecular formula is C8H19NO. The zero-order chi connectivity index (χ0) is 8.15. The Morgan fingerprint density at radius 1 is 1.40 bits per heavy atom. The summed E-state index contributed by atoms with van der Waals surface area (Å²) in [6.45, 7) is 6.31. The van der Waals surface area contributed by atoms with Crippen molar-refractivity contribution in [3.63, 3.8) is 0 Å². The standard InChI is InChI=1S/C8H19NO/c1-5-6(2)8(9)7(3)10-4/h6-8H,5,9H2,1-4H3. The minimum absolute atomic E-state index is 0.176. The van der Waals surface area contributed by atoms with Gasteiger partial charge in [0, 0.05) is 13.2 Å². The third-order valence-electron chi connectivity index (χ3n) is 2.21. The van der Waals surface area contributed by atoms with Crippen molar-refractivity contribution >= 4 is 0 Å². The van der Waals surface area contributed by atoms with Gasteiger partial charge in [0.1, 0.15) is 0 Å². The van der Waals surface area contributed by atoms with E-state index in [0.717, 1.165) is 6.42 Å². The molecule has 2 heteroatoms. The van der Waals surface area contributed by atoms with Crippen molar-refractivity contribution in [3.8, 4) is 0 Å². The monoisotopic (exact) mass is 145 g/mol. The summed E-state index contributed by atoms with van der Waals surface area (Å²) in [4.78, 5) is 0. The van der Waals surface area contributed by atoms with Crippen molar-refractivity contribution in [1.29, 1.82) is 0 Å². The van der Waals surface area contributed by atoms with Gasteiger partial charge in [-0.25, -0.2) is 0 Å². The lowest BCUT2D eigenvalue weighted by Crippen LogP contribution is -2.39. The Bertz CT molecular complexity index is 75.3. The van der Waals surface area contributed by atoms with Crippen LogP contribution in [0.1, 0.15) is 27.2 Å². The van der Waals surface area contributed by atoms with E-state index < -0.39 is 0 Å². The molecular weight excluding hydrogens is 126 g/mol. The minimum Gasteiger partial charge on any atom is -0.380 e. The first kappa shape index (κ1) is 9.92. The van der Waals surface area contributed by atoms with Gasteiger partial charge >= 0.3 is 0 Å². The lowest BCUT2D eigenvalue weighted by Gasteiger charge is -2.23. The third kappa shape index (κ3) is 2.67. The second-order valence-electron chi connectivity index (χ2n) is 2.90. The highest BCUT2D eigenvalue weighted by Crippen LogP contribution is 2.09. The van der Waals surface area contributed by atoms with Gasteiger partial charge in [0.15, 0.2) is 0 Å². The Hall–Kier alpha value is -0.0800. The van der Waals surface area contributed by atoms with Crippen molar-refractivity contribution in [2.45, 2.75) is 39.3 Å². The fraction of sp³-hybridized carbons (Fsp3) is 1.00. The van der Waals surface area contributed by atoms with Gasteiger partial charge in [0.2, 0.25) is 0 Å². The summed E-state index contributed by atoms with van der Waals surface area (Å²) < 4.78 is 5.11. The molecule has 0 aliphatic heterocycles. The van der Waals surface area contributed by atoms with Gasteiger partial charge in [0.05, 0.1) is 6.10 Å². The zero-order valence-electron chi connectivity index (χ0n) is 7.42. The van der Waals surface area contributed by atoms with Gasteiger partial charge in [0.25, 0.3) is 0 Å². The van der Waals surface area contributed by atoms with Gasteiger partial charge in [-0.1, -0.05) is 20.3 Å². The Kier molecular flexibility index (Phi) is 4.65. The summed E-state index contributed by atoms with van der Waals surface area (Å²) in [7, 11) is 1.70. The van der Waals surface area contributed by atoms with E-state index in [1.807, 2.05) is 6.92 Å². The molecule has 0 aliphatic carbocycles. The van der Waals surface area contributed by atoms with E-state index in [4.69, 9.17) is 10.5 Å². The maximum Gasteiger partial charge on any atom is 0.0696 e. The molecule has 0 aromatic rings. The first-order chi connectivity index (χ1) is 4.63. The van der Waals surface area contributed by atoms with Crippen molar-refractivity contribution < 1.29 is 4.74 Å². The molecule has 3 unspecified atom stereocenters. The first-order valence-corrected chi connectivity index (χ1v) is 3.91. The molecule has 10 heavy (non-hydrogen) atoms. The number of nitrogens with two attached hydrogens (primary N) is 1. The van der Waals surface area contributed by atoms with Gasteiger partial charge in [-0.15, -0.1) is 0 Å². The molecule has 0 aromatic carbocycles. The quantitative estimate of drug-likeness (QED) is 0.649. The number of hydrogen-bond acceptors (Lipinski definition) is 2. The average molecular weight is 145 g/mol. The molecule has 2 N–H and O–H groups in total. The lowest BCUT2D eigenvalue weighted by atomic mass is 9.96. The fourth-order valence-electron chi connectivity index (χ4n) is 0.892. The highest BCUT2D eigenvalue weighted by Gasteiger charge is 2.16. The van der Waals surface area contributed by atoms with Crippen molar-refractivity contribution in [2.75, 3.05) is 7.11 Å². The fourth-order valence-corrected chi connectivity index (χ4v) is 0.892. The molecule has 0 fully saturated rings. The molecule has 3 atom stereocenters. The van der Waals surface area contributed by atoms with Gasteiger partial charge < -0.3 is 10.5 Å². The Labute approximate surface area is 63.7 Å². The molecule has 0 bridgehead atoms. The summed E-state index contributed by atoms with van der Waals surface area (Å²) in [5.41, 5.74) is 5.86. The van der Waals surface area contributed by atoms with E-state index in [-0.39, 0.29) is 12.1 Å². The predicted molar refractivity (Wildman–Crippen MR) is 43.9 cm³/mol. The second kappa shape index (κ2) is 4.69. The average Bonchev–Trinajstić information content (AvgIpc) is 2.00. The van der Waals surface area contributed by atoms with Gasteiger partial charge in [-0.3, -0.25) is 0 Å². The smallest absolute Gasteiger partial charge is 0.0696 e. The molecule has 2 nitrogen and oxygen atoms in total. The van der Waals surface area contributed by atoms with E-state index >= 15 is 0 Å². The third-order valence-corrected chi connectivity index (χ3v) is 2.21. The van der Waals surface area contributed by atoms with Crippen LogP contribution in [0.15, 0.2) is 0 Å². The van der Waals surface area contributed by atoms with Crippen LogP contribution < -0.4 is 5.73 Å². The van der Waals surface area contributed by atoms with Crippen LogP contribution in [0.25, 0.3) is 0 Å². The van der Waals surface area contributed by atoms with E-state index in [0.29, 0.717) is 5.92 Å². The molecule has 0 amide bonds. The van der Waals surface area contributed by atoms with Crippen LogP contribution in [0.5, 0.6) is 0 Å². The van der Waals surface area contributed by atoms with Crippen LogP contribution in [0.3, 0.4) is 0 Å². The van der Waals surface area contributed by atoms with Crippen LogP contribution in [0, 0.1) is 5.92 Å². The molecule has 0 heterocycles. The Morgan fingerprint density at radius 2 is 1.90 bits per heavy atom. The van der Waals surface area contributed by atoms with E-state index in [9.17, 15) is 0 Å².